The van der Waals surface area contributed by atoms with Crippen molar-refractivity contribution in [3.63, 3.8) is 0 Å². The molecule has 0 bridgehead atoms. The molecule has 0 N–H and O–H groups in total. The number of hydrogen-bond donors (Lipinski definition) is 0. The summed E-state index contributed by atoms with van der Waals surface area (Å²) in [6.07, 6.45) is 6.29. The summed E-state index contributed by atoms with van der Waals surface area (Å²) in [6, 6.07) is 7.49. The number of anilines is 1. The number of fused-ring (bicyclic) bond motifs is 1. The van der Waals surface area contributed by atoms with Gasteiger partial charge in [-0.3, -0.25) is 9.59 Å². The van der Waals surface area contributed by atoms with Gasteiger partial charge in [0, 0.05) is 24.9 Å². The number of nitrogens with zero attached hydrogens (tertiary/aromatic N) is 1. The molecule has 0 radical (unpaired) electrons. The van der Waals surface area contributed by atoms with Crippen molar-refractivity contribution in [2.24, 2.45) is 0 Å². The number of hydrogen-bond acceptors (Lipinski definition) is 2. The first-order valence-corrected chi connectivity index (χ1v) is 7.66. The van der Waals surface area contributed by atoms with Crippen molar-refractivity contribution in [2.45, 2.75) is 51.9 Å². The van der Waals surface area contributed by atoms with Gasteiger partial charge in [0.1, 0.15) is 0 Å². The highest BCUT2D eigenvalue weighted by atomic mass is 16.2. The Hall–Kier alpha value is -1.64. The van der Waals surface area contributed by atoms with Gasteiger partial charge in [0.2, 0.25) is 5.91 Å². The van der Waals surface area contributed by atoms with Gasteiger partial charge in [0.25, 0.3) is 0 Å². The molecule has 20 heavy (non-hydrogen) atoms. The van der Waals surface area contributed by atoms with Crippen LogP contribution in [-0.4, -0.2) is 18.2 Å². The maximum Gasteiger partial charge on any atom is 0.226 e. The van der Waals surface area contributed by atoms with Crippen LogP contribution in [0.15, 0.2) is 24.3 Å². The summed E-state index contributed by atoms with van der Waals surface area (Å²) in [6.45, 7) is 2.83. The minimum Gasteiger partial charge on any atom is -0.312 e. The third-order valence-corrected chi connectivity index (χ3v) is 3.83. The molecule has 1 aliphatic heterocycles. The van der Waals surface area contributed by atoms with Gasteiger partial charge >= 0.3 is 0 Å². The minimum absolute atomic E-state index is 0.155. The number of amides is 1. The van der Waals surface area contributed by atoms with E-state index in [-0.39, 0.29) is 11.7 Å². The van der Waals surface area contributed by atoms with E-state index in [0.717, 1.165) is 24.9 Å². The maximum absolute atomic E-state index is 12.4. The van der Waals surface area contributed by atoms with Crippen LogP contribution in [0, 0.1) is 0 Å². The largest absolute Gasteiger partial charge is 0.312 e. The zero-order chi connectivity index (χ0) is 14.4. The van der Waals surface area contributed by atoms with E-state index < -0.39 is 0 Å². The van der Waals surface area contributed by atoms with Crippen LogP contribution in [0.4, 0.5) is 5.69 Å². The van der Waals surface area contributed by atoms with Crippen molar-refractivity contribution in [3.8, 4) is 0 Å². The summed E-state index contributed by atoms with van der Waals surface area (Å²) in [5.74, 6) is 0.310. The molecule has 3 nitrogen and oxygen atoms in total. The fourth-order valence-electron chi connectivity index (χ4n) is 2.69. The summed E-state index contributed by atoms with van der Waals surface area (Å²) in [5, 5.41) is 0. The van der Waals surface area contributed by atoms with Crippen molar-refractivity contribution in [2.75, 3.05) is 11.4 Å². The van der Waals surface area contributed by atoms with Crippen LogP contribution < -0.4 is 4.90 Å². The molecule has 1 heterocycles. The van der Waals surface area contributed by atoms with E-state index in [1.54, 1.807) is 0 Å². The second-order valence-corrected chi connectivity index (χ2v) is 5.40. The summed E-state index contributed by atoms with van der Waals surface area (Å²) in [7, 11) is 0. The lowest BCUT2D eigenvalue weighted by molar-refractivity contribution is -0.118. The first-order valence-electron chi connectivity index (χ1n) is 7.66. The molecule has 108 valence electrons. The van der Waals surface area contributed by atoms with E-state index in [1.165, 1.54) is 12.8 Å². The van der Waals surface area contributed by atoms with E-state index in [2.05, 4.69) is 6.92 Å². The predicted molar refractivity (Wildman–Crippen MR) is 81.1 cm³/mol. The highest BCUT2D eigenvalue weighted by molar-refractivity contribution is 6.06. The zero-order valence-electron chi connectivity index (χ0n) is 12.2. The number of Topliss-reactive ketones (excluding diaryl/α,β-unsaturated/α-hetero) is 1. The molecule has 3 heteroatoms. The summed E-state index contributed by atoms with van der Waals surface area (Å²) >= 11 is 0. The van der Waals surface area contributed by atoms with E-state index in [9.17, 15) is 9.59 Å². The van der Waals surface area contributed by atoms with Gasteiger partial charge in [-0.25, -0.2) is 0 Å². The molecule has 0 saturated carbocycles. The van der Waals surface area contributed by atoms with Crippen LogP contribution in [0.25, 0.3) is 0 Å². The number of carbonyl (C=O) groups excluding carboxylic acids is 2. The SMILES string of the molecule is CCCCCCC(=O)N1CCCC(=O)c2ccccc21. The molecule has 2 rings (SSSR count). The molecular formula is C17H23NO2. The lowest BCUT2D eigenvalue weighted by Gasteiger charge is -2.22. The highest BCUT2D eigenvalue weighted by Crippen LogP contribution is 2.27. The van der Waals surface area contributed by atoms with Gasteiger partial charge < -0.3 is 4.90 Å². The molecule has 1 aromatic carbocycles. The van der Waals surface area contributed by atoms with Gasteiger partial charge in [-0.15, -0.1) is 0 Å². The summed E-state index contributed by atoms with van der Waals surface area (Å²) in [4.78, 5) is 26.2. The number of benzene rings is 1. The fraction of sp³-hybridized carbons (Fsp3) is 0.529. The Morgan fingerprint density at radius 2 is 2.00 bits per heavy atom. The third-order valence-electron chi connectivity index (χ3n) is 3.83. The first-order chi connectivity index (χ1) is 9.74. The summed E-state index contributed by atoms with van der Waals surface area (Å²) < 4.78 is 0. The molecular weight excluding hydrogens is 250 g/mol. The molecule has 0 aromatic heterocycles. The molecule has 0 fully saturated rings. The van der Waals surface area contributed by atoms with E-state index in [0.29, 0.717) is 24.9 Å². The molecule has 0 spiro atoms. The number of para-hydroxylation sites is 1. The Kier molecular flexibility index (Phi) is 5.33. The lowest BCUT2D eigenvalue weighted by atomic mass is 10.1. The quantitative estimate of drug-likeness (QED) is 0.761. The minimum atomic E-state index is 0.155. The Labute approximate surface area is 121 Å². The fourth-order valence-corrected chi connectivity index (χ4v) is 2.69. The Morgan fingerprint density at radius 1 is 1.20 bits per heavy atom. The first kappa shape index (κ1) is 14.8. The topological polar surface area (TPSA) is 37.4 Å². The molecule has 1 amide bonds. The lowest BCUT2D eigenvalue weighted by Crippen LogP contribution is -2.31. The average molecular weight is 273 g/mol. The highest BCUT2D eigenvalue weighted by Gasteiger charge is 2.24. The Balaban J connectivity index is 2.09. The third kappa shape index (κ3) is 3.47. The summed E-state index contributed by atoms with van der Waals surface area (Å²) in [5.41, 5.74) is 1.50. The molecule has 1 aromatic rings. The normalized spacial score (nSPS) is 14.8. The second-order valence-electron chi connectivity index (χ2n) is 5.40. The molecule has 0 unspecified atom stereocenters. The van der Waals surface area contributed by atoms with Gasteiger partial charge in [0.15, 0.2) is 5.78 Å². The van der Waals surface area contributed by atoms with Crippen molar-refractivity contribution in [1.82, 2.24) is 0 Å². The second kappa shape index (κ2) is 7.22. The van der Waals surface area contributed by atoms with Gasteiger partial charge in [-0.1, -0.05) is 38.3 Å². The van der Waals surface area contributed by atoms with Crippen molar-refractivity contribution in [3.05, 3.63) is 29.8 Å². The number of carbonyl (C=O) groups is 2. The maximum atomic E-state index is 12.4. The molecule has 0 saturated heterocycles. The molecule has 1 aliphatic rings. The number of unbranched alkanes of at least 4 members (excludes halogenated alkanes) is 3. The smallest absolute Gasteiger partial charge is 0.226 e. The Bertz CT molecular complexity index is 482. The Morgan fingerprint density at radius 3 is 2.80 bits per heavy atom. The van der Waals surface area contributed by atoms with Crippen LogP contribution >= 0.6 is 0 Å². The van der Waals surface area contributed by atoms with Crippen molar-refractivity contribution >= 4 is 17.4 Å². The monoisotopic (exact) mass is 273 g/mol. The van der Waals surface area contributed by atoms with E-state index in [1.807, 2.05) is 29.2 Å². The standard InChI is InChI=1S/C17H23NO2/c1-2-3-4-5-12-17(20)18-13-8-11-16(19)14-9-6-7-10-15(14)18/h6-7,9-10H,2-5,8,11-13H2,1H3. The number of ketones is 1. The van der Waals surface area contributed by atoms with Crippen molar-refractivity contribution in [1.29, 1.82) is 0 Å². The van der Waals surface area contributed by atoms with Crippen molar-refractivity contribution < 1.29 is 9.59 Å². The van der Waals surface area contributed by atoms with Crippen LogP contribution in [0.3, 0.4) is 0 Å². The van der Waals surface area contributed by atoms with E-state index >= 15 is 0 Å². The van der Waals surface area contributed by atoms with E-state index in [4.69, 9.17) is 0 Å². The van der Waals surface area contributed by atoms with Gasteiger partial charge in [0.05, 0.1) is 5.69 Å². The predicted octanol–water partition coefficient (Wildman–Crippen LogP) is 3.97. The zero-order valence-corrected chi connectivity index (χ0v) is 12.2. The number of rotatable bonds is 5. The molecule has 0 aliphatic carbocycles. The van der Waals surface area contributed by atoms with Crippen LogP contribution in [0.5, 0.6) is 0 Å². The van der Waals surface area contributed by atoms with Crippen LogP contribution in [0.2, 0.25) is 0 Å². The van der Waals surface area contributed by atoms with Crippen LogP contribution in [0.1, 0.15) is 62.2 Å². The van der Waals surface area contributed by atoms with Crippen LogP contribution in [-0.2, 0) is 4.79 Å². The molecule has 0 atom stereocenters. The average Bonchev–Trinajstić information content (AvgIpc) is 2.63. The van der Waals surface area contributed by atoms with Gasteiger partial charge in [-0.2, -0.15) is 0 Å². The van der Waals surface area contributed by atoms with Gasteiger partial charge in [-0.05, 0) is 25.0 Å².